The third-order valence-corrected chi connectivity index (χ3v) is 7.55. The average Bonchev–Trinajstić information content (AvgIpc) is 2.95. The summed E-state index contributed by atoms with van der Waals surface area (Å²) < 4.78 is 41.8. The number of halogens is 1. The van der Waals surface area contributed by atoms with Crippen LogP contribution in [0.3, 0.4) is 0 Å². The van der Waals surface area contributed by atoms with Gasteiger partial charge in [-0.3, -0.25) is 4.79 Å². The van der Waals surface area contributed by atoms with Gasteiger partial charge in [0.1, 0.15) is 18.0 Å². The fourth-order valence-electron chi connectivity index (χ4n) is 3.54. The molecule has 2 aliphatic heterocycles. The third kappa shape index (κ3) is 4.05. The molecule has 1 saturated heterocycles. The smallest absolute Gasteiger partial charge is 0.326 e. The van der Waals surface area contributed by atoms with Gasteiger partial charge in [0, 0.05) is 22.3 Å². The summed E-state index contributed by atoms with van der Waals surface area (Å²) >= 11 is 1.41. The summed E-state index contributed by atoms with van der Waals surface area (Å²) in [5.41, 5.74) is 1.08. The minimum atomic E-state index is -4.21. The van der Waals surface area contributed by atoms with Gasteiger partial charge >= 0.3 is 10.2 Å². The fourth-order valence-corrected chi connectivity index (χ4v) is 5.86. The number of nitrogens with one attached hydrogen (secondary N) is 2. The number of phenolic OH excluding ortho intramolecular Hbond substituents is 1. The van der Waals surface area contributed by atoms with Gasteiger partial charge in [0.15, 0.2) is 5.82 Å². The van der Waals surface area contributed by atoms with E-state index in [1.54, 1.807) is 4.72 Å². The summed E-state index contributed by atoms with van der Waals surface area (Å²) in [6.45, 7) is 0.174. The van der Waals surface area contributed by atoms with Crippen molar-refractivity contribution in [1.29, 1.82) is 0 Å². The van der Waals surface area contributed by atoms with Crippen molar-refractivity contribution in [2.45, 2.75) is 23.8 Å². The number of phenols is 1. The van der Waals surface area contributed by atoms with E-state index in [2.05, 4.69) is 5.32 Å². The van der Waals surface area contributed by atoms with Crippen molar-refractivity contribution < 1.29 is 22.7 Å². The van der Waals surface area contributed by atoms with Crippen molar-refractivity contribution >= 4 is 33.6 Å². The zero-order valence-corrected chi connectivity index (χ0v) is 17.0. The maximum absolute atomic E-state index is 15.3. The molecule has 2 heterocycles. The second kappa shape index (κ2) is 7.85. The number of nitrogens with zero attached hydrogens (tertiary/aromatic N) is 1. The predicted octanol–water partition coefficient (Wildman–Crippen LogP) is 1.56. The molecule has 0 unspecified atom stereocenters. The minimum absolute atomic E-state index is 0.0121. The summed E-state index contributed by atoms with van der Waals surface area (Å²) in [4.78, 5) is 12.1. The summed E-state index contributed by atoms with van der Waals surface area (Å²) in [6.07, 6.45) is 1.21. The lowest BCUT2D eigenvalue weighted by Gasteiger charge is -2.28. The van der Waals surface area contributed by atoms with Gasteiger partial charge in [0.2, 0.25) is 0 Å². The number of carbonyl (C=O) groups excluding carboxylic acids is 1. The zero-order chi connectivity index (χ0) is 20.6. The minimum Gasteiger partial charge on any atom is -0.506 e. The van der Waals surface area contributed by atoms with E-state index in [1.807, 2.05) is 30.3 Å². The Morgan fingerprint density at radius 1 is 1.31 bits per heavy atom. The zero-order valence-electron chi connectivity index (χ0n) is 15.4. The summed E-state index contributed by atoms with van der Waals surface area (Å²) in [7, 11) is -4.21. The number of hydrogen-bond donors (Lipinski definition) is 3. The average molecular weight is 438 g/mol. The van der Waals surface area contributed by atoms with Crippen LogP contribution in [0, 0.1) is 5.82 Å². The van der Waals surface area contributed by atoms with Crippen LogP contribution < -0.4 is 14.3 Å². The molecule has 0 spiro atoms. The van der Waals surface area contributed by atoms with E-state index in [1.165, 1.54) is 23.4 Å². The number of fused-ring (bicyclic) bond motifs is 1. The van der Waals surface area contributed by atoms with E-state index >= 15 is 4.39 Å². The highest BCUT2D eigenvalue weighted by Crippen LogP contribution is 2.42. The Bertz CT molecular complexity index is 1050. The van der Waals surface area contributed by atoms with Crippen LogP contribution in [-0.4, -0.2) is 44.3 Å². The molecule has 0 saturated carbocycles. The second-order valence-electron chi connectivity index (χ2n) is 6.97. The normalized spacial score (nSPS) is 20.4. The number of anilines is 1. The van der Waals surface area contributed by atoms with Crippen molar-refractivity contribution in [1.82, 2.24) is 10.0 Å². The molecule has 2 aromatic carbocycles. The van der Waals surface area contributed by atoms with Crippen LogP contribution in [0.2, 0.25) is 0 Å². The molecule has 29 heavy (non-hydrogen) atoms. The Balaban J connectivity index is 1.52. The first-order valence-corrected chi connectivity index (χ1v) is 11.6. The molecule has 7 nitrogen and oxygen atoms in total. The molecule has 154 valence electrons. The summed E-state index contributed by atoms with van der Waals surface area (Å²) in [6, 6.07) is 11.4. The van der Waals surface area contributed by atoms with Crippen LogP contribution in [0.5, 0.6) is 5.75 Å². The molecular formula is C19H20FN3O4S2. The SMILES string of the molecule is O=C1CN(c2c(O)cc3c(c2F)C[C@H](NCCc2ccccc2)CS3)S(=O)(=O)N1. The Kier molecular flexibility index (Phi) is 5.41. The lowest BCUT2D eigenvalue weighted by Crippen LogP contribution is -2.37. The molecular weight excluding hydrogens is 417 g/mol. The van der Waals surface area contributed by atoms with Crippen molar-refractivity contribution in [3.05, 3.63) is 53.3 Å². The number of thioether (sulfide) groups is 1. The van der Waals surface area contributed by atoms with Crippen molar-refractivity contribution in [3.8, 4) is 5.75 Å². The number of amides is 1. The first kappa shape index (κ1) is 20.0. The van der Waals surface area contributed by atoms with E-state index < -0.39 is 39.9 Å². The van der Waals surface area contributed by atoms with Gasteiger partial charge < -0.3 is 10.4 Å². The Morgan fingerprint density at radius 3 is 2.76 bits per heavy atom. The van der Waals surface area contributed by atoms with Crippen molar-refractivity contribution in [2.24, 2.45) is 0 Å². The van der Waals surface area contributed by atoms with Gasteiger partial charge in [-0.25, -0.2) is 13.4 Å². The number of carbonyl (C=O) groups is 1. The molecule has 1 atom stereocenters. The second-order valence-corrected chi connectivity index (χ2v) is 9.63. The van der Waals surface area contributed by atoms with E-state index in [-0.39, 0.29) is 6.04 Å². The van der Waals surface area contributed by atoms with Gasteiger partial charge in [-0.2, -0.15) is 8.42 Å². The monoisotopic (exact) mass is 437 g/mol. The molecule has 1 fully saturated rings. The van der Waals surface area contributed by atoms with Crippen LogP contribution in [-0.2, 0) is 27.8 Å². The van der Waals surface area contributed by atoms with Crippen LogP contribution in [0.25, 0.3) is 0 Å². The fraction of sp³-hybridized carbons (Fsp3) is 0.316. The van der Waals surface area contributed by atoms with Crippen molar-refractivity contribution in [3.63, 3.8) is 0 Å². The number of rotatable bonds is 5. The third-order valence-electron chi connectivity index (χ3n) is 4.93. The highest BCUT2D eigenvalue weighted by Gasteiger charge is 2.39. The molecule has 2 aromatic rings. The lowest BCUT2D eigenvalue weighted by molar-refractivity contribution is -0.117. The van der Waals surface area contributed by atoms with Crippen LogP contribution in [0.4, 0.5) is 10.1 Å². The Hall–Kier alpha value is -2.30. The molecule has 3 N–H and O–H groups in total. The van der Waals surface area contributed by atoms with Gasteiger partial charge in [0.05, 0.1) is 0 Å². The Morgan fingerprint density at radius 2 is 2.07 bits per heavy atom. The molecule has 0 aliphatic carbocycles. The Labute approximate surface area is 172 Å². The van der Waals surface area contributed by atoms with E-state index in [0.29, 0.717) is 26.9 Å². The molecule has 2 aliphatic rings. The molecule has 4 rings (SSSR count). The van der Waals surface area contributed by atoms with E-state index in [4.69, 9.17) is 0 Å². The number of hydrogen-bond acceptors (Lipinski definition) is 6. The largest absolute Gasteiger partial charge is 0.506 e. The maximum atomic E-state index is 15.3. The van der Waals surface area contributed by atoms with Gasteiger partial charge in [-0.15, -0.1) is 11.8 Å². The molecule has 0 bridgehead atoms. The highest BCUT2D eigenvalue weighted by atomic mass is 32.2. The molecule has 10 heteroatoms. The van der Waals surface area contributed by atoms with Crippen LogP contribution in [0.15, 0.2) is 41.3 Å². The van der Waals surface area contributed by atoms with E-state index in [0.717, 1.165) is 13.0 Å². The molecule has 0 aromatic heterocycles. The summed E-state index contributed by atoms with van der Waals surface area (Å²) in [5, 5.41) is 13.7. The first-order chi connectivity index (χ1) is 13.8. The van der Waals surface area contributed by atoms with Gasteiger partial charge in [-0.1, -0.05) is 30.3 Å². The van der Waals surface area contributed by atoms with Crippen LogP contribution in [0.1, 0.15) is 11.1 Å². The van der Waals surface area contributed by atoms with Gasteiger partial charge in [0.25, 0.3) is 5.91 Å². The standard InChI is InChI=1S/C19H20FN3O4S2/c20-18-14-8-13(21-7-6-12-4-2-1-3-5-12)11-28-16(14)9-15(24)19(18)23-10-17(25)22-29(23,26)27/h1-5,9,13,21,24H,6-8,10-11H2,(H,22,25)/t13-/m0/s1. The van der Waals surface area contributed by atoms with Gasteiger partial charge in [-0.05, 0) is 31.0 Å². The topological polar surface area (TPSA) is 98.7 Å². The molecule has 0 radical (unpaired) electrons. The number of benzene rings is 2. The highest BCUT2D eigenvalue weighted by molar-refractivity contribution is 7.99. The van der Waals surface area contributed by atoms with Crippen molar-refractivity contribution in [2.75, 3.05) is 23.1 Å². The predicted molar refractivity (Wildman–Crippen MR) is 109 cm³/mol. The first-order valence-electron chi connectivity index (χ1n) is 9.13. The molecule has 1 amide bonds. The maximum Gasteiger partial charge on any atom is 0.326 e. The lowest BCUT2D eigenvalue weighted by atomic mass is 10.0. The van der Waals surface area contributed by atoms with Crippen LogP contribution >= 0.6 is 11.8 Å². The van der Waals surface area contributed by atoms with E-state index in [9.17, 15) is 18.3 Å². The summed E-state index contributed by atoms with van der Waals surface area (Å²) in [5.74, 6) is -1.36. The quantitative estimate of drug-likeness (QED) is 0.657. The number of aromatic hydroxyl groups is 1.